The Morgan fingerprint density at radius 3 is 2.93 bits per heavy atom. The fourth-order valence-electron chi connectivity index (χ4n) is 2.71. The second-order valence-electron chi connectivity index (χ2n) is 5.11. The summed E-state index contributed by atoms with van der Waals surface area (Å²) in [5.74, 6) is 0. The Morgan fingerprint density at radius 1 is 1.40 bits per heavy atom. The van der Waals surface area contributed by atoms with Gasteiger partial charge in [-0.1, -0.05) is 13.8 Å². The third kappa shape index (κ3) is 2.92. The highest BCUT2D eigenvalue weighted by molar-refractivity contribution is 4.88. The molecule has 0 spiro atoms. The summed E-state index contributed by atoms with van der Waals surface area (Å²) in [5, 5.41) is 3.56. The lowest BCUT2D eigenvalue weighted by atomic mass is 10.1. The van der Waals surface area contributed by atoms with E-state index in [1.54, 1.807) is 0 Å². The van der Waals surface area contributed by atoms with E-state index >= 15 is 0 Å². The molecule has 2 atom stereocenters. The van der Waals surface area contributed by atoms with E-state index in [0.717, 1.165) is 25.8 Å². The second-order valence-corrected chi connectivity index (χ2v) is 5.11. The van der Waals surface area contributed by atoms with Crippen molar-refractivity contribution in [2.45, 2.75) is 51.2 Å². The summed E-state index contributed by atoms with van der Waals surface area (Å²) in [6.07, 6.45) is 3.95. The molecule has 2 aliphatic heterocycles. The molecule has 88 valence electrons. The number of hydrogen-bond donors (Lipinski definition) is 1. The summed E-state index contributed by atoms with van der Waals surface area (Å²) in [7, 11) is 0. The van der Waals surface area contributed by atoms with Crippen LogP contribution in [0.3, 0.4) is 0 Å². The maximum absolute atomic E-state index is 5.48. The summed E-state index contributed by atoms with van der Waals surface area (Å²) >= 11 is 0. The Balaban J connectivity index is 1.81. The Kier molecular flexibility index (Phi) is 4.00. The van der Waals surface area contributed by atoms with Crippen LogP contribution in [-0.4, -0.2) is 49.3 Å². The minimum Gasteiger partial charge on any atom is -0.380 e. The van der Waals surface area contributed by atoms with Gasteiger partial charge in [-0.2, -0.15) is 0 Å². The number of rotatable bonds is 4. The van der Waals surface area contributed by atoms with Crippen LogP contribution in [0.4, 0.5) is 0 Å². The molecule has 2 rings (SSSR count). The lowest BCUT2D eigenvalue weighted by molar-refractivity contribution is 0.133. The molecule has 2 fully saturated rings. The molecule has 0 aliphatic carbocycles. The zero-order valence-electron chi connectivity index (χ0n) is 10.0. The number of nitrogens with zero attached hydrogens (tertiary/aromatic N) is 1. The SMILES string of the molecule is CC(C)NCC1CCCN1C1CCOC1. The summed E-state index contributed by atoms with van der Waals surface area (Å²) in [6, 6.07) is 2.05. The highest BCUT2D eigenvalue weighted by Gasteiger charge is 2.32. The fraction of sp³-hybridized carbons (Fsp3) is 1.00. The Hall–Kier alpha value is -0.120. The van der Waals surface area contributed by atoms with E-state index < -0.39 is 0 Å². The van der Waals surface area contributed by atoms with Gasteiger partial charge in [-0.15, -0.1) is 0 Å². The van der Waals surface area contributed by atoms with Crippen molar-refractivity contribution in [1.29, 1.82) is 0 Å². The highest BCUT2D eigenvalue weighted by atomic mass is 16.5. The minimum atomic E-state index is 0.604. The van der Waals surface area contributed by atoms with Crippen molar-refractivity contribution in [2.24, 2.45) is 0 Å². The molecule has 1 N–H and O–H groups in total. The van der Waals surface area contributed by atoms with Crippen LogP contribution < -0.4 is 5.32 Å². The van der Waals surface area contributed by atoms with Gasteiger partial charge in [-0.3, -0.25) is 4.90 Å². The highest BCUT2D eigenvalue weighted by Crippen LogP contribution is 2.23. The van der Waals surface area contributed by atoms with Gasteiger partial charge in [0.25, 0.3) is 0 Å². The van der Waals surface area contributed by atoms with E-state index in [2.05, 4.69) is 24.1 Å². The van der Waals surface area contributed by atoms with Crippen molar-refractivity contribution in [3.8, 4) is 0 Å². The summed E-state index contributed by atoms with van der Waals surface area (Å²) in [4.78, 5) is 2.67. The summed E-state index contributed by atoms with van der Waals surface area (Å²) in [6.45, 7) is 8.78. The molecule has 15 heavy (non-hydrogen) atoms. The Bertz CT molecular complexity index is 190. The lowest BCUT2D eigenvalue weighted by Crippen LogP contribution is -2.45. The first-order valence-corrected chi connectivity index (χ1v) is 6.34. The average Bonchev–Trinajstić information content (AvgIpc) is 2.85. The van der Waals surface area contributed by atoms with Gasteiger partial charge in [0.05, 0.1) is 6.61 Å². The quantitative estimate of drug-likeness (QED) is 0.759. The standard InChI is InChI=1S/C12H24N2O/c1-10(2)13-8-11-4-3-6-14(11)12-5-7-15-9-12/h10-13H,3-9H2,1-2H3. The van der Waals surface area contributed by atoms with Gasteiger partial charge in [0, 0.05) is 31.3 Å². The Morgan fingerprint density at radius 2 is 2.27 bits per heavy atom. The van der Waals surface area contributed by atoms with Crippen molar-refractivity contribution in [3.63, 3.8) is 0 Å². The van der Waals surface area contributed by atoms with Crippen molar-refractivity contribution < 1.29 is 4.74 Å². The lowest BCUT2D eigenvalue weighted by Gasteiger charge is -2.30. The molecule has 0 aromatic heterocycles. The van der Waals surface area contributed by atoms with E-state index in [0.29, 0.717) is 12.1 Å². The van der Waals surface area contributed by atoms with Crippen LogP contribution in [0.15, 0.2) is 0 Å². The summed E-state index contributed by atoms with van der Waals surface area (Å²) in [5.41, 5.74) is 0. The first-order chi connectivity index (χ1) is 7.27. The normalized spacial score (nSPS) is 33.0. The molecule has 2 saturated heterocycles. The molecular weight excluding hydrogens is 188 g/mol. The van der Waals surface area contributed by atoms with Gasteiger partial charge in [0.1, 0.15) is 0 Å². The van der Waals surface area contributed by atoms with Gasteiger partial charge >= 0.3 is 0 Å². The molecule has 0 aromatic rings. The van der Waals surface area contributed by atoms with Crippen LogP contribution >= 0.6 is 0 Å². The number of hydrogen-bond acceptors (Lipinski definition) is 3. The van der Waals surface area contributed by atoms with E-state index in [9.17, 15) is 0 Å². The largest absolute Gasteiger partial charge is 0.380 e. The second kappa shape index (κ2) is 5.28. The monoisotopic (exact) mass is 212 g/mol. The van der Waals surface area contributed by atoms with Crippen molar-refractivity contribution in [2.75, 3.05) is 26.3 Å². The third-order valence-corrected chi connectivity index (χ3v) is 3.56. The van der Waals surface area contributed by atoms with E-state index in [4.69, 9.17) is 4.74 Å². The first kappa shape index (κ1) is 11.4. The zero-order valence-corrected chi connectivity index (χ0v) is 10.0. The van der Waals surface area contributed by atoms with Gasteiger partial charge in [0.15, 0.2) is 0 Å². The van der Waals surface area contributed by atoms with Gasteiger partial charge in [0.2, 0.25) is 0 Å². The maximum atomic E-state index is 5.48. The van der Waals surface area contributed by atoms with Crippen molar-refractivity contribution in [3.05, 3.63) is 0 Å². The van der Waals surface area contributed by atoms with Crippen LogP contribution in [0.5, 0.6) is 0 Å². The van der Waals surface area contributed by atoms with Gasteiger partial charge < -0.3 is 10.1 Å². The number of ether oxygens (including phenoxy) is 1. The number of nitrogens with one attached hydrogen (secondary N) is 1. The molecule has 0 aromatic carbocycles. The predicted molar refractivity (Wildman–Crippen MR) is 62.1 cm³/mol. The average molecular weight is 212 g/mol. The Labute approximate surface area is 93.2 Å². The molecule has 2 unspecified atom stereocenters. The molecule has 2 heterocycles. The van der Waals surface area contributed by atoms with Gasteiger partial charge in [-0.25, -0.2) is 0 Å². The predicted octanol–water partition coefficient (Wildman–Crippen LogP) is 1.24. The van der Waals surface area contributed by atoms with Crippen LogP contribution in [0, 0.1) is 0 Å². The molecule has 0 saturated carbocycles. The van der Waals surface area contributed by atoms with Crippen LogP contribution in [0.2, 0.25) is 0 Å². The van der Waals surface area contributed by atoms with E-state index in [1.807, 2.05) is 0 Å². The minimum absolute atomic E-state index is 0.604. The molecule has 0 bridgehead atoms. The molecule has 3 heteroatoms. The maximum Gasteiger partial charge on any atom is 0.0622 e. The third-order valence-electron chi connectivity index (χ3n) is 3.56. The molecule has 0 amide bonds. The molecule has 2 aliphatic rings. The first-order valence-electron chi connectivity index (χ1n) is 6.34. The molecular formula is C12H24N2O. The molecule has 3 nitrogen and oxygen atoms in total. The van der Waals surface area contributed by atoms with Gasteiger partial charge in [-0.05, 0) is 25.8 Å². The fourth-order valence-corrected chi connectivity index (χ4v) is 2.71. The topological polar surface area (TPSA) is 24.5 Å². The molecule has 0 radical (unpaired) electrons. The van der Waals surface area contributed by atoms with Crippen LogP contribution in [0.1, 0.15) is 33.1 Å². The van der Waals surface area contributed by atoms with Crippen molar-refractivity contribution in [1.82, 2.24) is 10.2 Å². The zero-order chi connectivity index (χ0) is 10.7. The van der Waals surface area contributed by atoms with Crippen LogP contribution in [-0.2, 0) is 4.74 Å². The number of likely N-dealkylation sites (tertiary alicyclic amines) is 1. The van der Waals surface area contributed by atoms with E-state index in [1.165, 1.54) is 25.8 Å². The van der Waals surface area contributed by atoms with Crippen molar-refractivity contribution >= 4 is 0 Å². The van der Waals surface area contributed by atoms with Crippen LogP contribution in [0.25, 0.3) is 0 Å². The summed E-state index contributed by atoms with van der Waals surface area (Å²) < 4.78 is 5.48. The van der Waals surface area contributed by atoms with E-state index in [-0.39, 0.29) is 0 Å². The smallest absolute Gasteiger partial charge is 0.0622 e.